The molecule has 0 bridgehead atoms. The molecule has 0 aromatic heterocycles. The van der Waals surface area contributed by atoms with Crippen LogP contribution in [-0.2, 0) is 6.42 Å². The molecule has 0 saturated carbocycles. The summed E-state index contributed by atoms with van der Waals surface area (Å²) >= 11 is 0. The van der Waals surface area contributed by atoms with Crippen molar-refractivity contribution in [1.29, 1.82) is 0 Å². The molecule has 0 aliphatic heterocycles. The van der Waals surface area contributed by atoms with Gasteiger partial charge in [0.05, 0.1) is 51.0 Å². The van der Waals surface area contributed by atoms with Crippen LogP contribution in [0.1, 0.15) is 18.1 Å². The highest BCUT2D eigenvalue weighted by atomic mass is 16.5. The van der Waals surface area contributed by atoms with Crippen molar-refractivity contribution in [3.63, 3.8) is 0 Å². The minimum atomic E-state index is -0.446. The Kier molecular flexibility index (Phi) is 6.39. The van der Waals surface area contributed by atoms with Crippen LogP contribution in [0.3, 0.4) is 0 Å². The van der Waals surface area contributed by atoms with Crippen molar-refractivity contribution < 1.29 is 29.5 Å². The summed E-state index contributed by atoms with van der Waals surface area (Å²) < 4.78 is 17.4. The molecule has 41 heavy (non-hydrogen) atoms. The standard InChI is InChI=1S/C31H30N2O8/c1-13-9-14-20-21-15(10-13)31(41-4)30(38)23-17(36)12-19(40-3)25(27(21)23)24-18(39-2)11-16(32-5-7-34)22(26(20)24)29(37)28(14)33-6-8-35/h9,11-12,32-36H,5-8,10H2,1-4H3. The third-order valence-corrected chi connectivity index (χ3v) is 7.89. The molecule has 0 amide bonds. The summed E-state index contributed by atoms with van der Waals surface area (Å²) in [6, 6.07) is 3.09. The molecule has 0 unspecified atom stereocenters. The van der Waals surface area contributed by atoms with Crippen molar-refractivity contribution >= 4 is 60.5 Å². The maximum Gasteiger partial charge on any atom is 0.232 e. The zero-order valence-electron chi connectivity index (χ0n) is 23.2. The van der Waals surface area contributed by atoms with Gasteiger partial charge in [-0.3, -0.25) is 9.59 Å². The van der Waals surface area contributed by atoms with E-state index >= 15 is 0 Å². The third kappa shape index (κ3) is 3.57. The predicted octanol–water partition coefficient (Wildman–Crippen LogP) is 3.39. The van der Waals surface area contributed by atoms with Gasteiger partial charge in [-0.15, -0.1) is 0 Å². The minimum Gasteiger partial charge on any atom is -0.507 e. The molecule has 10 heteroatoms. The van der Waals surface area contributed by atoms with Crippen molar-refractivity contribution in [2.45, 2.75) is 13.3 Å². The number of nitrogens with one attached hydrogen (secondary N) is 2. The second-order valence-electron chi connectivity index (χ2n) is 10.2. The van der Waals surface area contributed by atoms with E-state index in [-0.39, 0.29) is 48.6 Å². The Bertz CT molecular complexity index is 2020. The largest absolute Gasteiger partial charge is 0.507 e. The van der Waals surface area contributed by atoms with Gasteiger partial charge in [0.1, 0.15) is 17.2 Å². The minimum absolute atomic E-state index is 0.0845. The number of aliphatic hydroxyl groups is 2. The Balaban J connectivity index is 2.08. The summed E-state index contributed by atoms with van der Waals surface area (Å²) in [6.45, 7) is 1.89. The van der Waals surface area contributed by atoms with Crippen LogP contribution in [0.4, 0.5) is 11.4 Å². The summed E-state index contributed by atoms with van der Waals surface area (Å²) in [7, 11) is 4.43. The number of aliphatic hydroxyl groups excluding tert-OH is 2. The number of rotatable bonds is 9. The van der Waals surface area contributed by atoms with E-state index in [0.717, 1.165) is 5.57 Å². The van der Waals surface area contributed by atoms with E-state index < -0.39 is 5.43 Å². The first-order valence-electron chi connectivity index (χ1n) is 13.2. The predicted molar refractivity (Wildman–Crippen MR) is 161 cm³/mol. The van der Waals surface area contributed by atoms with Crippen LogP contribution < -0.4 is 35.7 Å². The van der Waals surface area contributed by atoms with E-state index in [9.17, 15) is 24.9 Å². The number of aromatic hydroxyl groups is 1. The molecule has 10 nitrogen and oxygen atoms in total. The van der Waals surface area contributed by atoms with Crippen LogP contribution in [0.25, 0.3) is 49.2 Å². The number of phenols is 1. The van der Waals surface area contributed by atoms with Crippen LogP contribution in [0.2, 0.25) is 0 Å². The molecule has 0 atom stereocenters. The molecule has 0 radical (unpaired) electrons. The van der Waals surface area contributed by atoms with Gasteiger partial charge in [-0.1, -0.05) is 11.6 Å². The topological polar surface area (TPSA) is 147 Å². The summed E-state index contributed by atoms with van der Waals surface area (Å²) in [5, 5.41) is 40.6. The van der Waals surface area contributed by atoms with Gasteiger partial charge >= 0.3 is 0 Å². The molecule has 0 heterocycles. The van der Waals surface area contributed by atoms with E-state index in [1.54, 1.807) is 6.07 Å². The molecular formula is C31H30N2O8. The normalized spacial score (nSPS) is 12.9. The lowest BCUT2D eigenvalue weighted by molar-refractivity contribution is 0.310. The summed E-state index contributed by atoms with van der Waals surface area (Å²) in [6.07, 6.45) is 2.28. The van der Waals surface area contributed by atoms with Gasteiger partial charge in [-0.2, -0.15) is 0 Å². The SMILES string of the molecule is COc1c2c3c4c(c(NCCO)c(=O)c5c(NCCO)cc(OC)c(c6c(OC)cc(O)c(c1=O)c63)c54)C=C(C)C2. The highest BCUT2D eigenvalue weighted by molar-refractivity contribution is 6.39. The second kappa shape index (κ2) is 9.83. The molecule has 6 rings (SSSR count). The molecule has 212 valence electrons. The van der Waals surface area contributed by atoms with Crippen LogP contribution in [0.15, 0.2) is 27.3 Å². The van der Waals surface area contributed by atoms with Crippen molar-refractivity contribution in [2.24, 2.45) is 0 Å². The van der Waals surface area contributed by atoms with Gasteiger partial charge in [0.2, 0.25) is 10.9 Å². The van der Waals surface area contributed by atoms with E-state index in [2.05, 4.69) is 10.6 Å². The smallest absolute Gasteiger partial charge is 0.232 e. The summed E-state index contributed by atoms with van der Waals surface area (Å²) in [5.41, 5.74) is 2.14. The number of fused-ring (bicyclic) bond motifs is 1. The lowest BCUT2D eigenvalue weighted by Gasteiger charge is -2.24. The van der Waals surface area contributed by atoms with E-state index in [1.807, 2.05) is 13.0 Å². The molecular weight excluding hydrogens is 528 g/mol. The Hall–Kier alpha value is -4.54. The Labute approximate surface area is 234 Å². The lowest BCUT2D eigenvalue weighted by atomic mass is 9.83. The Morgan fingerprint density at radius 3 is 2.02 bits per heavy atom. The zero-order chi connectivity index (χ0) is 29.2. The van der Waals surface area contributed by atoms with Crippen molar-refractivity contribution in [2.75, 3.05) is 58.3 Å². The number of anilines is 2. The molecule has 5 aromatic carbocycles. The van der Waals surface area contributed by atoms with Crippen molar-refractivity contribution in [3.05, 3.63) is 49.3 Å². The van der Waals surface area contributed by atoms with Gasteiger partial charge in [0.15, 0.2) is 5.75 Å². The second-order valence-corrected chi connectivity index (χ2v) is 10.2. The van der Waals surface area contributed by atoms with E-state index in [4.69, 9.17) is 14.2 Å². The molecule has 5 aromatic rings. The number of hydrogen-bond donors (Lipinski definition) is 5. The highest BCUT2D eigenvalue weighted by Crippen LogP contribution is 2.54. The van der Waals surface area contributed by atoms with Crippen LogP contribution in [0.5, 0.6) is 23.0 Å². The fraction of sp³-hybridized carbons (Fsp3) is 0.290. The fourth-order valence-corrected chi connectivity index (χ4v) is 6.44. The van der Waals surface area contributed by atoms with Gasteiger partial charge in [0, 0.05) is 69.0 Å². The number of phenolic OH excluding ortho intramolecular Hbond substituents is 1. The first kappa shape index (κ1) is 26.7. The fourth-order valence-electron chi connectivity index (χ4n) is 6.44. The van der Waals surface area contributed by atoms with Crippen LogP contribution >= 0.6 is 0 Å². The summed E-state index contributed by atoms with van der Waals surface area (Å²) in [4.78, 5) is 28.2. The molecule has 1 aliphatic carbocycles. The third-order valence-electron chi connectivity index (χ3n) is 7.89. The van der Waals surface area contributed by atoms with Gasteiger partial charge < -0.3 is 40.2 Å². The first-order chi connectivity index (χ1) is 19.8. The molecule has 0 fully saturated rings. The average molecular weight is 559 g/mol. The van der Waals surface area contributed by atoms with Crippen molar-refractivity contribution in [3.8, 4) is 23.0 Å². The van der Waals surface area contributed by atoms with Crippen molar-refractivity contribution in [1.82, 2.24) is 0 Å². The molecule has 1 aliphatic rings. The first-order valence-corrected chi connectivity index (χ1v) is 13.2. The maximum atomic E-state index is 14.4. The average Bonchev–Trinajstić information content (AvgIpc) is 3.11. The molecule has 0 saturated heterocycles. The Morgan fingerprint density at radius 2 is 1.39 bits per heavy atom. The Morgan fingerprint density at radius 1 is 0.756 bits per heavy atom. The lowest BCUT2D eigenvalue weighted by Crippen LogP contribution is -2.19. The zero-order valence-corrected chi connectivity index (χ0v) is 23.2. The molecule has 0 spiro atoms. The number of benzene rings is 5. The number of hydrogen-bond acceptors (Lipinski definition) is 10. The van der Waals surface area contributed by atoms with Crippen LogP contribution in [-0.4, -0.2) is 63.0 Å². The number of ether oxygens (including phenoxy) is 3. The maximum absolute atomic E-state index is 14.4. The van der Waals surface area contributed by atoms with Gasteiger partial charge in [-0.25, -0.2) is 0 Å². The number of methoxy groups -OCH3 is 3. The van der Waals surface area contributed by atoms with E-state index in [1.165, 1.54) is 27.4 Å². The van der Waals surface area contributed by atoms with Crippen LogP contribution in [0, 0.1) is 0 Å². The van der Waals surface area contributed by atoms with Gasteiger partial charge in [-0.05, 0) is 18.7 Å². The quantitative estimate of drug-likeness (QED) is 0.135. The highest BCUT2D eigenvalue weighted by Gasteiger charge is 2.32. The number of allylic oxidation sites excluding steroid dienone is 1. The van der Waals surface area contributed by atoms with E-state index in [0.29, 0.717) is 78.1 Å². The van der Waals surface area contributed by atoms with Gasteiger partial charge in [0.25, 0.3) is 0 Å². The molecule has 5 N–H and O–H groups in total. The summed E-state index contributed by atoms with van der Waals surface area (Å²) in [5.74, 6) is 0.602. The monoisotopic (exact) mass is 558 g/mol.